The number of carboxylic acids is 1. The molecule has 3 aromatic rings. The summed E-state index contributed by atoms with van der Waals surface area (Å²) in [4.78, 5) is 45.4. The number of aryl methyl sites for hydroxylation is 2. The molecule has 0 bridgehead atoms. The minimum absolute atomic E-state index is 0.0184. The number of hydrogen-bond acceptors (Lipinski definition) is 6. The van der Waals surface area contributed by atoms with E-state index in [0.717, 1.165) is 47.8 Å². The Morgan fingerprint density at radius 2 is 2.07 bits per heavy atom. The molecule has 7 nitrogen and oxygen atoms in total. The highest BCUT2D eigenvalue weighted by Gasteiger charge is 2.19. The molecule has 0 aliphatic heterocycles. The number of carbonyl (C=O) groups is 2. The monoisotopic (exact) mass is 463 g/mol. The van der Waals surface area contributed by atoms with Gasteiger partial charge in [-0.25, -0.2) is 9.78 Å². The van der Waals surface area contributed by atoms with Crippen molar-refractivity contribution >= 4 is 62.5 Å². The molecule has 0 radical (unpaired) electrons. The summed E-state index contributed by atoms with van der Waals surface area (Å²) in [5.74, 6) is -1.50. The average molecular weight is 464 g/mol. The van der Waals surface area contributed by atoms with Crippen LogP contribution in [0.1, 0.15) is 40.1 Å². The lowest BCUT2D eigenvalue weighted by Gasteiger charge is -2.07. The molecule has 3 N–H and O–H groups in total. The third-order valence-corrected chi connectivity index (χ3v) is 7.26. The van der Waals surface area contributed by atoms with Gasteiger partial charge in [-0.15, -0.1) is 11.3 Å². The van der Waals surface area contributed by atoms with Crippen LogP contribution in [-0.4, -0.2) is 32.7 Å². The number of thiophene rings is 1. The number of amides is 1. The van der Waals surface area contributed by atoms with E-state index in [2.05, 4.69) is 15.3 Å². The van der Waals surface area contributed by atoms with Crippen LogP contribution in [0.2, 0.25) is 5.02 Å². The highest BCUT2D eigenvalue weighted by molar-refractivity contribution is 7.99. The molecular weight excluding hydrogens is 446 g/mol. The number of aromatic carboxylic acids is 1. The summed E-state index contributed by atoms with van der Waals surface area (Å²) in [6, 6.07) is 4.25. The van der Waals surface area contributed by atoms with Gasteiger partial charge in [-0.05, 0) is 49.4 Å². The molecule has 10 heteroatoms. The standard InChI is InChI=1S/C20H18ClN3O4S2/c21-13-7-6-10(8-12(13)19(27)28)22-15(25)9-29-20-23-17(26)16-11-4-2-1-3-5-14(11)30-18(16)24-20/h6-8H,1-5,9H2,(H,22,25)(H,27,28)(H,23,24,26). The molecule has 2 heterocycles. The first-order valence-electron chi connectivity index (χ1n) is 9.42. The van der Waals surface area contributed by atoms with E-state index in [1.807, 2.05) is 0 Å². The number of aromatic amines is 1. The number of carboxylic acid groups (broad SMARTS) is 1. The first-order chi connectivity index (χ1) is 14.4. The number of nitrogens with one attached hydrogen (secondary N) is 2. The number of anilines is 1. The summed E-state index contributed by atoms with van der Waals surface area (Å²) in [6.07, 6.45) is 5.30. The van der Waals surface area contributed by atoms with Crippen molar-refractivity contribution in [1.82, 2.24) is 9.97 Å². The van der Waals surface area contributed by atoms with E-state index < -0.39 is 5.97 Å². The molecule has 0 saturated carbocycles. The third-order valence-electron chi connectivity index (χ3n) is 4.87. The smallest absolute Gasteiger partial charge is 0.337 e. The van der Waals surface area contributed by atoms with Crippen molar-refractivity contribution < 1.29 is 14.7 Å². The van der Waals surface area contributed by atoms with Gasteiger partial charge in [0.15, 0.2) is 5.16 Å². The molecule has 1 aliphatic carbocycles. The quantitative estimate of drug-likeness (QED) is 0.295. The zero-order valence-electron chi connectivity index (χ0n) is 15.8. The Morgan fingerprint density at radius 1 is 1.27 bits per heavy atom. The minimum Gasteiger partial charge on any atom is -0.478 e. The van der Waals surface area contributed by atoms with E-state index in [0.29, 0.717) is 16.2 Å². The molecule has 156 valence electrons. The molecule has 0 atom stereocenters. The topological polar surface area (TPSA) is 112 Å². The molecule has 30 heavy (non-hydrogen) atoms. The number of rotatable bonds is 5. The fraction of sp³-hybridized carbons (Fsp3) is 0.300. The fourth-order valence-corrected chi connectivity index (χ4v) is 5.67. The van der Waals surface area contributed by atoms with Crippen molar-refractivity contribution in [2.24, 2.45) is 0 Å². The maximum atomic E-state index is 12.6. The van der Waals surface area contributed by atoms with Crippen LogP contribution >= 0.6 is 34.7 Å². The highest BCUT2D eigenvalue weighted by Crippen LogP contribution is 2.33. The van der Waals surface area contributed by atoms with Gasteiger partial charge in [0, 0.05) is 10.6 Å². The maximum Gasteiger partial charge on any atom is 0.337 e. The van der Waals surface area contributed by atoms with Gasteiger partial charge >= 0.3 is 5.97 Å². The van der Waals surface area contributed by atoms with Gasteiger partial charge < -0.3 is 15.4 Å². The SMILES string of the molecule is O=C(CSc1nc2sc3c(c2c(=O)[nH]1)CCCCC3)Nc1ccc(Cl)c(C(=O)O)c1. The minimum atomic E-state index is -1.17. The van der Waals surface area contributed by atoms with Crippen LogP contribution in [0.15, 0.2) is 28.2 Å². The van der Waals surface area contributed by atoms with Crippen LogP contribution in [0.5, 0.6) is 0 Å². The lowest BCUT2D eigenvalue weighted by atomic mass is 10.1. The lowest BCUT2D eigenvalue weighted by Crippen LogP contribution is -2.16. The summed E-state index contributed by atoms with van der Waals surface area (Å²) < 4.78 is 0. The number of H-pyrrole nitrogens is 1. The van der Waals surface area contributed by atoms with Crippen LogP contribution in [0, 0.1) is 0 Å². The number of nitrogens with zero attached hydrogens (tertiary/aromatic N) is 1. The summed E-state index contributed by atoms with van der Waals surface area (Å²) in [6.45, 7) is 0. The van der Waals surface area contributed by atoms with Crippen molar-refractivity contribution in [1.29, 1.82) is 0 Å². The lowest BCUT2D eigenvalue weighted by molar-refractivity contribution is -0.113. The molecule has 4 rings (SSSR count). The van der Waals surface area contributed by atoms with Gasteiger partial charge in [0.2, 0.25) is 5.91 Å². The van der Waals surface area contributed by atoms with Gasteiger partial charge in [0.25, 0.3) is 5.56 Å². The van der Waals surface area contributed by atoms with Crippen molar-refractivity contribution in [2.75, 3.05) is 11.1 Å². The number of aromatic nitrogens is 2. The Labute approximate surface area is 184 Å². The van der Waals surface area contributed by atoms with Crippen LogP contribution in [0.3, 0.4) is 0 Å². The van der Waals surface area contributed by atoms with E-state index in [4.69, 9.17) is 16.7 Å². The van der Waals surface area contributed by atoms with Crippen molar-refractivity contribution in [3.63, 3.8) is 0 Å². The number of thioether (sulfide) groups is 1. The Hall–Kier alpha value is -2.36. The van der Waals surface area contributed by atoms with E-state index in [-0.39, 0.29) is 27.8 Å². The second kappa shape index (κ2) is 8.79. The largest absolute Gasteiger partial charge is 0.478 e. The van der Waals surface area contributed by atoms with Crippen molar-refractivity contribution in [3.05, 3.63) is 49.6 Å². The van der Waals surface area contributed by atoms with E-state index >= 15 is 0 Å². The molecule has 0 saturated heterocycles. The zero-order valence-corrected chi connectivity index (χ0v) is 18.2. The van der Waals surface area contributed by atoms with Crippen LogP contribution < -0.4 is 10.9 Å². The van der Waals surface area contributed by atoms with Crippen molar-refractivity contribution in [2.45, 2.75) is 37.3 Å². The normalized spacial score (nSPS) is 13.6. The number of hydrogen-bond donors (Lipinski definition) is 3. The van der Waals surface area contributed by atoms with Gasteiger partial charge in [-0.2, -0.15) is 0 Å². The molecule has 1 amide bonds. The van der Waals surface area contributed by atoms with Gasteiger partial charge in [-0.3, -0.25) is 9.59 Å². The Balaban J connectivity index is 1.47. The average Bonchev–Trinajstić information content (AvgIpc) is 2.89. The summed E-state index contributed by atoms with van der Waals surface area (Å²) in [7, 11) is 0. The maximum absolute atomic E-state index is 12.6. The Morgan fingerprint density at radius 3 is 2.87 bits per heavy atom. The summed E-state index contributed by atoms with van der Waals surface area (Å²) in [5.41, 5.74) is 1.22. The van der Waals surface area contributed by atoms with Crippen LogP contribution in [0.25, 0.3) is 10.2 Å². The molecule has 1 aromatic carbocycles. The third kappa shape index (κ3) is 4.38. The van der Waals surface area contributed by atoms with Crippen LogP contribution in [-0.2, 0) is 17.6 Å². The van der Waals surface area contributed by atoms with Gasteiger partial charge in [0.05, 0.1) is 21.7 Å². The molecular formula is C20H18ClN3O4S2. The zero-order chi connectivity index (χ0) is 21.3. The molecule has 0 unspecified atom stereocenters. The second-order valence-corrected chi connectivity index (χ2v) is 9.41. The predicted octanol–water partition coefficient (Wildman–Crippen LogP) is 4.34. The van der Waals surface area contributed by atoms with Crippen LogP contribution in [0.4, 0.5) is 5.69 Å². The van der Waals surface area contributed by atoms with E-state index in [1.165, 1.54) is 29.5 Å². The Bertz CT molecular complexity index is 1200. The van der Waals surface area contributed by atoms with Crippen molar-refractivity contribution in [3.8, 4) is 0 Å². The van der Waals surface area contributed by atoms with Gasteiger partial charge in [-0.1, -0.05) is 29.8 Å². The first kappa shape index (κ1) is 20.9. The predicted molar refractivity (Wildman–Crippen MR) is 119 cm³/mol. The Kier molecular flexibility index (Phi) is 6.12. The highest BCUT2D eigenvalue weighted by atomic mass is 35.5. The number of carbonyl (C=O) groups excluding carboxylic acids is 1. The van der Waals surface area contributed by atoms with E-state index in [9.17, 15) is 14.4 Å². The second-order valence-electron chi connectivity index (χ2n) is 6.95. The molecule has 0 fully saturated rings. The molecule has 1 aliphatic rings. The fourth-order valence-electron chi connectivity index (χ4n) is 3.49. The van der Waals surface area contributed by atoms with Gasteiger partial charge in [0.1, 0.15) is 4.83 Å². The molecule has 2 aromatic heterocycles. The summed E-state index contributed by atoms with van der Waals surface area (Å²) in [5, 5.41) is 12.9. The molecule has 0 spiro atoms. The van der Waals surface area contributed by atoms with E-state index in [1.54, 1.807) is 11.3 Å². The first-order valence-corrected chi connectivity index (χ1v) is 11.6. The summed E-state index contributed by atoms with van der Waals surface area (Å²) >= 11 is 8.54. The number of fused-ring (bicyclic) bond motifs is 3. The number of benzene rings is 1. The number of halogens is 1.